The molecule has 3 aromatic rings. The van der Waals surface area contributed by atoms with Gasteiger partial charge in [-0.3, -0.25) is 13.9 Å². The number of nitrogens with two attached hydrogens (primary N) is 2. The maximum atomic E-state index is 13.9. The second kappa shape index (κ2) is 11.9. The molecule has 0 bridgehead atoms. The maximum absolute atomic E-state index is 13.9. The number of carbonyl (C=O) groups excluding carboxylic acids is 1. The molecule has 214 valence electrons. The van der Waals surface area contributed by atoms with Crippen LogP contribution < -0.4 is 21.1 Å². The first-order valence-corrected chi connectivity index (χ1v) is 14.0. The maximum Gasteiger partial charge on any atom is 0.459 e. The molecule has 1 fully saturated rings. The summed E-state index contributed by atoms with van der Waals surface area (Å²) in [5, 5.41) is 13.8. The van der Waals surface area contributed by atoms with Gasteiger partial charge in [0.1, 0.15) is 29.5 Å². The smallest absolute Gasteiger partial charge is 0.459 e. The zero-order valence-corrected chi connectivity index (χ0v) is 23.3. The van der Waals surface area contributed by atoms with Crippen molar-refractivity contribution in [1.29, 1.82) is 0 Å². The third-order valence-corrected chi connectivity index (χ3v) is 7.56. The van der Waals surface area contributed by atoms with Gasteiger partial charge in [0.15, 0.2) is 17.4 Å². The Hall–Kier alpha value is -3.57. The summed E-state index contributed by atoms with van der Waals surface area (Å²) >= 11 is 0. The average Bonchev–Trinajstić information content (AvgIpc) is 3.41. The molecule has 15 heteroatoms. The van der Waals surface area contributed by atoms with Crippen molar-refractivity contribution >= 4 is 30.8 Å². The number of imidazole rings is 1. The Bertz CT molecular complexity index is 1460. The minimum Gasteiger partial charge on any atom is -0.462 e. The van der Waals surface area contributed by atoms with E-state index in [4.69, 9.17) is 30.0 Å². The number of benzene rings is 1. The first-order chi connectivity index (χ1) is 19.0. The van der Waals surface area contributed by atoms with Gasteiger partial charge >= 0.3 is 13.7 Å². The van der Waals surface area contributed by atoms with Gasteiger partial charge in [0.05, 0.1) is 25.2 Å². The lowest BCUT2D eigenvalue weighted by Gasteiger charge is -2.28. The van der Waals surface area contributed by atoms with Crippen LogP contribution in [0.5, 0.6) is 5.75 Å². The summed E-state index contributed by atoms with van der Waals surface area (Å²) in [5.41, 5.74) is 11.5. The summed E-state index contributed by atoms with van der Waals surface area (Å²) < 4.78 is 38.0. The first kappa shape index (κ1) is 29.4. The topological polar surface area (TPSA) is 199 Å². The van der Waals surface area contributed by atoms with E-state index >= 15 is 0 Å². The number of aromatic nitrogens is 4. The lowest BCUT2D eigenvalue weighted by Crippen LogP contribution is -2.53. The largest absolute Gasteiger partial charge is 0.462 e. The highest BCUT2D eigenvalue weighted by Gasteiger charge is 2.55. The van der Waals surface area contributed by atoms with Gasteiger partial charge in [0, 0.05) is 0 Å². The molecule has 2 aromatic heterocycles. The Morgan fingerprint density at radius 1 is 1.30 bits per heavy atom. The monoisotopic (exact) mass is 573 g/mol. The molecule has 1 aliphatic rings. The lowest BCUT2D eigenvalue weighted by atomic mass is 9.91. The van der Waals surface area contributed by atoms with Crippen molar-refractivity contribution in [2.75, 3.05) is 12.3 Å². The van der Waals surface area contributed by atoms with Crippen molar-refractivity contribution in [3.05, 3.63) is 42.9 Å². The van der Waals surface area contributed by atoms with Crippen LogP contribution in [0.3, 0.4) is 0 Å². The second-order valence-corrected chi connectivity index (χ2v) is 11.1. The number of aliphatic hydroxyl groups is 1. The molecule has 0 amide bonds. The molecule has 4 rings (SSSR count). The number of nitrogens with one attached hydrogen (secondary N) is 1. The van der Waals surface area contributed by atoms with Gasteiger partial charge in [0.25, 0.3) is 0 Å². The Kier molecular flexibility index (Phi) is 8.74. The number of rotatable bonds is 10. The summed E-state index contributed by atoms with van der Waals surface area (Å²) in [4.78, 5) is 24.8. The average molecular weight is 574 g/mol. The molecular weight excluding hydrogens is 541 g/mol. The number of aliphatic hydroxyl groups excluding tert-OH is 1. The molecule has 6 atom stereocenters. The van der Waals surface area contributed by atoms with Crippen LogP contribution in [0.2, 0.25) is 0 Å². The minimum absolute atomic E-state index is 0.00654. The number of fused-ring (bicyclic) bond motifs is 1. The summed E-state index contributed by atoms with van der Waals surface area (Å²) in [6.07, 6.45) is -1.13. The summed E-state index contributed by atoms with van der Waals surface area (Å²) in [6, 6.07) is 7.22. The van der Waals surface area contributed by atoms with Gasteiger partial charge in [-0.1, -0.05) is 24.1 Å². The highest BCUT2D eigenvalue weighted by Crippen LogP contribution is 2.47. The van der Waals surface area contributed by atoms with Gasteiger partial charge in [-0.25, -0.2) is 14.5 Å². The normalized spacial score (nSPS) is 24.7. The molecule has 0 radical (unpaired) electrons. The highest BCUT2D eigenvalue weighted by atomic mass is 31.2. The zero-order valence-electron chi connectivity index (χ0n) is 22.4. The van der Waals surface area contributed by atoms with E-state index in [0.29, 0.717) is 11.2 Å². The molecule has 0 saturated carbocycles. The highest BCUT2D eigenvalue weighted by molar-refractivity contribution is 7.52. The number of para-hydroxylation sites is 1. The number of carbonyl (C=O) groups is 1. The van der Waals surface area contributed by atoms with Crippen LogP contribution in [0.15, 0.2) is 42.9 Å². The molecule has 0 spiro atoms. The van der Waals surface area contributed by atoms with Gasteiger partial charge in [-0.05, 0) is 39.8 Å². The lowest BCUT2D eigenvalue weighted by molar-refractivity contribution is -0.149. The molecule has 1 aliphatic heterocycles. The Morgan fingerprint density at radius 3 is 2.70 bits per heavy atom. The quantitative estimate of drug-likeness (QED) is 0.155. The number of nitrogen functional groups attached to an aromatic ring is 1. The fraction of sp³-hybridized carbons (Fsp3) is 0.440. The molecule has 1 saturated heterocycles. The van der Waals surface area contributed by atoms with Crippen LogP contribution in [-0.4, -0.2) is 67.1 Å². The van der Waals surface area contributed by atoms with E-state index in [9.17, 15) is 14.5 Å². The Balaban J connectivity index is 1.59. The van der Waals surface area contributed by atoms with E-state index in [2.05, 4.69) is 31.9 Å². The number of hydrogen-bond acceptors (Lipinski definition) is 12. The van der Waals surface area contributed by atoms with Crippen molar-refractivity contribution in [3.8, 4) is 17.6 Å². The zero-order chi connectivity index (χ0) is 29.1. The van der Waals surface area contributed by atoms with E-state index in [1.54, 1.807) is 51.1 Å². The Labute approximate surface area is 231 Å². The van der Waals surface area contributed by atoms with Crippen LogP contribution >= 0.6 is 7.75 Å². The molecule has 6 N–H and O–H groups in total. The summed E-state index contributed by atoms with van der Waals surface area (Å²) in [6.45, 7) is 5.97. The minimum atomic E-state index is -4.23. The molecule has 14 nitrogen and oxygen atoms in total. The number of esters is 1. The van der Waals surface area contributed by atoms with Crippen LogP contribution in [0.4, 0.5) is 5.95 Å². The fourth-order valence-electron chi connectivity index (χ4n) is 4.10. The van der Waals surface area contributed by atoms with E-state index < -0.39 is 50.3 Å². The SMILES string of the molecule is CC#CC1(N)C(O)[C@@H](COP(=O)(N[C@@H](C)C(=O)OC(C)C)Oc2ccccc2)OC1n1cnc2cnc(N)nc21. The van der Waals surface area contributed by atoms with E-state index in [1.165, 1.54) is 24.0 Å². The van der Waals surface area contributed by atoms with Gasteiger partial charge in [0.2, 0.25) is 5.95 Å². The molecular formula is C25H32N7O7P. The van der Waals surface area contributed by atoms with Crippen LogP contribution in [-0.2, 0) is 23.4 Å². The van der Waals surface area contributed by atoms with Gasteiger partial charge in [-0.2, -0.15) is 10.1 Å². The number of anilines is 1. The fourth-order valence-corrected chi connectivity index (χ4v) is 5.60. The van der Waals surface area contributed by atoms with Crippen LogP contribution in [0, 0.1) is 11.8 Å². The molecule has 1 aromatic carbocycles. The van der Waals surface area contributed by atoms with Crippen molar-refractivity contribution in [2.24, 2.45) is 5.73 Å². The summed E-state index contributed by atoms with van der Waals surface area (Å²) in [7, 11) is -4.23. The number of nitrogens with zero attached hydrogens (tertiary/aromatic N) is 4. The van der Waals surface area contributed by atoms with Crippen LogP contribution in [0.1, 0.15) is 33.9 Å². The van der Waals surface area contributed by atoms with E-state index in [1.807, 2.05) is 0 Å². The molecule has 4 unspecified atom stereocenters. The predicted octanol–water partition coefficient (Wildman–Crippen LogP) is 1.52. The summed E-state index contributed by atoms with van der Waals surface area (Å²) in [5.74, 6) is 5.12. The molecule has 3 heterocycles. The molecule has 40 heavy (non-hydrogen) atoms. The van der Waals surface area contributed by atoms with Gasteiger partial charge < -0.3 is 30.6 Å². The Morgan fingerprint density at radius 2 is 2.02 bits per heavy atom. The van der Waals surface area contributed by atoms with Gasteiger partial charge in [-0.15, -0.1) is 5.92 Å². The first-order valence-electron chi connectivity index (χ1n) is 12.4. The number of ether oxygens (including phenoxy) is 2. The van der Waals surface area contributed by atoms with Crippen molar-refractivity contribution in [3.63, 3.8) is 0 Å². The van der Waals surface area contributed by atoms with Crippen molar-refractivity contribution in [2.45, 2.75) is 63.8 Å². The van der Waals surface area contributed by atoms with Crippen LogP contribution in [0.25, 0.3) is 11.2 Å². The van der Waals surface area contributed by atoms with Crippen molar-refractivity contribution < 1.29 is 33.0 Å². The second-order valence-electron chi connectivity index (χ2n) is 9.40. The van der Waals surface area contributed by atoms with E-state index in [-0.39, 0.29) is 17.8 Å². The van der Waals surface area contributed by atoms with Crippen molar-refractivity contribution in [1.82, 2.24) is 24.6 Å². The predicted molar refractivity (Wildman–Crippen MR) is 144 cm³/mol. The molecule has 0 aliphatic carbocycles. The third kappa shape index (κ3) is 6.26. The van der Waals surface area contributed by atoms with E-state index in [0.717, 1.165) is 0 Å². The number of hydrogen-bond donors (Lipinski definition) is 4. The standard InChI is InChI=1S/C25H32N7O7P/c1-5-11-25(27)20(33)19(38-23(25)32-14-29-18-12-28-24(26)30-21(18)32)13-36-40(35,39-17-9-7-6-8-10-17)31-16(4)22(34)37-15(2)3/h6-10,12,14-16,19-20,23,33H,13,27H2,1-4H3,(H,31,35)(H2,26,28,30)/t16-,19+,20?,23?,25?,40?/m0/s1. The third-order valence-electron chi connectivity index (χ3n) is 5.92.